The van der Waals surface area contributed by atoms with E-state index in [0.717, 1.165) is 34.9 Å². The molecule has 0 fully saturated rings. The van der Waals surface area contributed by atoms with Gasteiger partial charge in [0, 0.05) is 17.5 Å². The van der Waals surface area contributed by atoms with Crippen molar-refractivity contribution in [1.82, 2.24) is 4.57 Å². The lowest BCUT2D eigenvalue weighted by Crippen LogP contribution is -2.18. The Hall–Kier alpha value is -3.32. The molecule has 0 aliphatic heterocycles. The molecule has 0 spiro atoms. The van der Waals surface area contributed by atoms with E-state index in [-0.39, 0.29) is 26.0 Å². The van der Waals surface area contributed by atoms with Gasteiger partial charge in [0.25, 0.3) is 5.56 Å². The monoisotopic (exact) mass is 593 g/mol. The van der Waals surface area contributed by atoms with Crippen molar-refractivity contribution < 1.29 is 39.8 Å². The third-order valence-corrected chi connectivity index (χ3v) is 6.21. The molecule has 190 valence electrons. The fourth-order valence-corrected chi connectivity index (χ4v) is 4.19. The van der Waals surface area contributed by atoms with Crippen molar-refractivity contribution in [1.29, 1.82) is 0 Å². The largest absolute Gasteiger partial charge is 0.506 e. The molecule has 36 heavy (non-hydrogen) atoms. The first-order valence-corrected chi connectivity index (χ1v) is 11.8. The molecule has 1 N–H and O–H groups in total. The van der Waals surface area contributed by atoms with Gasteiger partial charge in [-0.25, -0.2) is 21.8 Å². The highest BCUT2D eigenvalue weighted by atomic mass is 79.9. The van der Waals surface area contributed by atoms with E-state index in [9.17, 15) is 40.5 Å². The maximum Gasteiger partial charge on any atom is 0.255 e. The van der Waals surface area contributed by atoms with Crippen LogP contribution in [0.1, 0.15) is 13.8 Å². The summed E-state index contributed by atoms with van der Waals surface area (Å²) in [6, 6.07) is 7.73. The Labute approximate surface area is 210 Å². The average Bonchev–Trinajstić information content (AvgIpc) is 2.87. The van der Waals surface area contributed by atoms with Crippen LogP contribution in [-0.4, -0.2) is 13.9 Å². The van der Waals surface area contributed by atoms with Crippen LogP contribution in [0.5, 0.6) is 11.5 Å². The maximum atomic E-state index is 14.0. The minimum absolute atomic E-state index is 0.0509. The second-order valence-electron chi connectivity index (χ2n) is 6.70. The second-order valence-corrected chi connectivity index (χ2v) is 8.66. The zero-order valence-corrected chi connectivity index (χ0v) is 20.6. The van der Waals surface area contributed by atoms with Crippen LogP contribution in [0, 0.1) is 34.9 Å². The number of aromatic hydroxyl groups is 1. The van der Waals surface area contributed by atoms with Gasteiger partial charge in [0.05, 0.1) is 20.6 Å². The van der Waals surface area contributed by atoms with Crippen LogP contribution in [0.15, 0.2) is 56.6 Å². The molecule has 4 aromatic rings. The Bertz CT molecular complexity index is 1550. The van der Waals surface area contributed by atoms with E-state index in [1.54, 1.807) is 0 Å². The Morgan fingerprint density at radius 3 is 2.06 bits per heavy atom. The second kappa shape index (κ2) is 10.7. The summed E-state index contributed by atoms with van der Waals surface area (Å²) in [5, 5.41) is 10.4. The number of hydrogen-bond donors (Lipinski definition) is 1. The van der Waals surface area contributed by atoms with Gasteiger partial charge in [0.2, 0.25) is 45.9 Å². The summed E-state index contributed by atoms with van der Waals surface area (Å²) in [4.78, 5) is 12.2. The Kier molecular flexibility index (Phi) is 8.14. The quantitative estimate of drug-likeness (QED) is 0.168. The first-order chi connectivity index (χ1) is 17.0. The van der Waals surface area contributed by atoms with Crippen LogP contribution in [0.2, 0.25) is 0 Å². The van der Waals surface area contributed by atoms with Crippen LogP contribution in [0.4, 0.5) is 26.3 Å². The molecule has 1 atom stereocenters. The maximum absolute atomic E-state index is 14.0. The average molecular weight is 594 g/mol. The first kappa shape index (κ1) is 27.3. The van der Waals surface area contributed by atoms with Gasteiger partial charge in [-0.05, 0) is 46.3 Å². The summed E-state index contributed by atoms with van der Waals surface area (Å²) >= 11 is 0.165. The number of benzene rings is 3. The summed E-state index contributed by atoms with van der Waals surface area (Å²) in [6.45, 7) is 4.00. The van der Waals surface area contributed by atoms with E-state index in [4.69, 9.17) is 0 Å². The minimum Gasteiger partial charge on any atom is -0.506 e. The molecule has 1 aromatic heterocycles. The zero-order chi connectivity index (χ0) is 26.9. The molecule has 0 radical (unpaired) electrons. The van der Waals surface area contributed by atoms with Gasteiger partial charge in [-0.1, -0.05) is 13.8 Å². The number of fused-ring (bicyclic) bond motifs is 1. The smallest absolute Gasteiger partial charge is 0.255 e. The first-order valence-electron chi connectivity index (χ1n) is 9.97. The number of aromatic nitrogens is 1. The molecular formula is C23H14BrF6NO4S. The fourth-order valence-electron chi connectivity index (χ4n) is 3.06. The summed E-state index contributed by atoms with van der Waals surface area (Å²) in [7, 11) is 0. The van der Waals surface area contributed by atoms with Crippen LogP contribution in [-0.2, 0) is 11.1 Å². The Morgan fingerprint density at radius 1 is 0.861 bits per heavy atom. The highest BCUT2D eigenvalue weighted by Crippen LogP contribution is 2.32. The number of rotatable bonds is 4. The van der Waals surface area contributed by atoms with E-state index < -0.39 is 63.0 Å². The number of phenolic OH excluding ortho intramolecular Hbond substituents is 1. The van der Waals surface area contributed by atoms with Gasteiger partial charge in [-0.3, -0.25) is 9.36 Å². The predicted molar refractivity (Wildman–Crippen MR) is 123 cm³/mol. The summed E-state index contributed by atoms with van der Waals surface area (Å²) in [6.07, 6.45) is 0. The highest BCUT2D eigenvalue weighted by molar-refractivity contribution is 9.10. The van der Waals surface area contributed by atoms with Crippen molar-refractivity contribution in [2.75, 3.05) is 0 Å². The van der Waals surface area contributed by atoms with Gasteiger partial charge in [-0.15, -0.1) is 0 Å². The van der Waals surface area contributed by atoms with Crippen molar-refractivity contribution in [3.8, 4) is 17.2 Å². The number of nitrogens with zero attached hydrogens (tertiary/aromatic N) is 1. The molecule has 13 heteroatoms. The molecule has 3 aromatic carbocycles. The van der Waals surface area contributed by atoms with Gasteiger partial charge in [0.15, 0.2) is 0 Å². The molecule has 1 unspecified atom stereocenters. The molecule has 5 nitrogen and oxygen atoms in total. The standard InChI is InChI=1S/C21H8BrF6NO4S.C2H6/c22-10-6-14(30)13(7-11(10)23)29-12-3-2-9(5-8(12)1-4-15(29)31)34(32)33-21-19(27)17(25)16(24)18(26)20(21)28;1-2/h1-7,30H;1-2H3. The lowest BCUT2D eigenvalue weighted by Gasteiger charge is -2.13. The van der Waals surface area contributed by atoms with Gasteiger partial charge < -0.3 is 9.29 Å². The molecule has 0 saturated carbocycles. The molecule has 0 aliphatic carbocycles. The molecule has 0 saturated heterocycles. The third-order valence-electron chi connectivity index (χ3n) is 4.65. The van der Waals surface area contributed by atoms with E-state index in [1.807, 2.05) is 13.8 Å². The fraction of sp³-hybridized carbons (Fsp3) is 0.0870. The summed E-state index contributed by atoms with van der Waals surface area (Å²) in [5.41, 5.74) is -0.750. The molecule has 4 rings (SSSR count). The van der Waals surface area contributed by atoms with Crippen molar-refractivity contribution in [3.63, 3.8) is 0 Å². The van der Waals surface area contributed by atoms with Crippen molar-refractivity contribution in [2.45, 2.75) is 18.7 Å². The lowest BCUT2D eigenvalue weighted by atomic mass is 10.2. The Morgan fingerprint density at radius 2 is 1.44 bits per heavy atom. The van der Waals surface area contributed by atoms with Crippen molar-refractivity contribution in [2.24, 2.45) is 0 Å². The van der Waals surface area contributed by atoms with E-state index in [0.29, 0.717) is 0 Å². The molecule has 0 bridgehead atoms. The van der Waals surface area contributed by atoms with Crippen molar-refractivity contribution in [3.05, 3.63) is 92.2 Å². The van der Waals surface area contributed by atoms with Crippen LogP contribution in [0.3, 0.4) is 0 Å². The van der Waals surface area contributed by atoms with Gasteiger partial charge >= 0.3 is 0 Å². The van der Waals surface area contributed by atoms with Crippen LogP contribution in [0.25, 0.3) is 16.6 Å². The van der Waals surface area contributed by atoms with E-state index in [1.165, 1.54) is 12.1 Å². The van der Waals surface area contributed by atoms with Crippen molar-refractivity contribution >= 4 is 37.9 Å². The lowest BCUT2D eigenvalue weighted by molar-refractivity contribution is 0.352. The third kappa shape index (κ3) is 4.85. The molecule has 0 aliphatic rings. The summed E-state index contributed by atoms with van der Waals surface area (Å²) < 4.78 is 99.6. The van der Waals surface area contributed by atoms with E-state index in [2.05, 4.69) is 20.1 Å². The molecular weight excluding hydrogens is 580 g/mol. The normalized spacial score (nSPS) is 11.7. The number of halogens is 7. The molecule has 1 heterocycles. The van der Waals surface area contributed by atoms with Crippen LogP contribution >= 0.6 is 15.9 Å². The summed E-state index contributed by atoms with van der Waals surface area (Å²) in [5.74, 6) is -14.5. The minimum atomic E-state index is -2.74. The topological polar surface area (TPSA) is 68.5 Å². The van der Waals surface area contributed by atoms with Gasteiger partial charge in [0.1, 0.15) is 11.6 Å². The Balaban J connectivity index is 0.00000176. The van der Waals surface area contributed by atoms with Crippen LogP contribution < -0.4 is 9.74 Å². The SMILES string of the molecule is CC.O=c1ccc2cc(S(=O)Oc3c(F)c(F)c(F)c(F)c3F)ccc2n1-c1cc(F)c(Br)cc1O. The zero-order valence-electron chi connectivity index (χ0n) is 18.2. The number of pyridine rings is 1. The predicted octanol–water partition coefficient (Wildman–Crippen LogP) is 6.42. The number of hydrogen-bond acceptors (Lipinski definition) is 4. The number of phenols is 1. The van der Waals surface area contributed by atoms with Gasteiger partial charge in [-0.2, -0.15) is 8.78 Å². The highest BCUT2D eigenvalue weighted by Gasteiger charge is 2.29. The van der Waals surface area contributed by atoms with E-state index >= 15 is 0 Å². The molecule has 0 amide bonds.